The molecular formula is C27H23N3P+. The number of hydrogen-bond donors (Lipinski definition) is 2. The number of nitrogens with one attached hydrogen (secondary N) is 2. The Kier molecular flexibility index (Phi) is 6.43. The minimum Gasteiger partial charge on any atom is -0.303 e. The van der Waals surface area contributed by atoms with E-state index in [0.29, 0.717) is 5.31 Å². The minimum absolute atomic E-state index is 0.694. The number of para-hydroxylation sites is 1. The lowest BCUT2D eigenvalue weighted by molar-refractivity contribution is 1.05. The van der Waals surface area contributed by atoms with Crippen LogP contribution in [0.1, 0.15) is 0 Å². The average Bonchev–Trinajstić information content (AvgIpc) is 2.86. The third kappa shape index (κ3) is 4.21. The standard InChI is InChI=1S/C27H23N3P/c28-21-27(22-29-30-23-13-5-1-6-14-23)31(24-15-7-2-8-16-24,25-17-9-3-10-18-25)26-19-11-4-12-20-26/h1-20,22,29-30H/q+1. The van der Waals surface area contributed by atoms with E-state index in [1.54, 1.807) is 0 Å². The Labute approximate surface area is 184 Å². The summed E-state index contributed by atoms with van der Waals surface area (Å²) in [7, 11) is -2.39. The van der Waals surface area contributed by atoms with Crippen molar-refractivity contribution in [1.29, 1.82) is 5.26 Å². The molecule has 0 spiro atoms. The first-order valence-corrected chi connectivity index (χ1v) is 11.9. The highest BCUT2D eigenvalue weighted by Gasteiger charge is 2.50. The number of anilines is 1. The quantitative estimate of drug-likeness (QED) is 0.252. The van der Waals surface area contributed by atoms with Crippen LogP contribution in [0.5, 0.6) is 0 Å². The van der Waals surface area contributed by atoms with Crippen molar-refractivity contribution < 1.29 is 0 Å². The molecule has 0 heterocycles. The number of hydrogen-bond acceptors (Lipinski definition) is 3. The Morgan fingerprint density at radius 2 is 1.00 bits per heavy atom. The molecule has 0 aromatic heterocycles. The molecule has 0 amide bonds. The molecule has 0 saturated heterocycles. The molecule has 0 saturated carbocycles. The van der Waals surface area contributed by atoms with Crippen LogP contribution >= 0.6 is 7.26 Å². The Morgan fingerprint density at radius 3 is 1.39 bits per heavy atom. The Morgan fingerprint density at radius 1 is 0.613 bits per heavy atom. The summed E-state index contributed by atoms with van der Waals surface area (Å²) < 4.78 is 0. The molecule has 4 rings (SSSR count). The summed E-state index contributed by atoms with van der Waals surface area (Å²) in [5.41, 5.74) is 7.27. The second-order valence-corrected chi connectivity index (χ2v) is 10.3. The zero-order valence-corrected chi connectivity index (χ0v) is 17.9. The number of allylic oxidation sites excluding steroid dienone is 1. The van der Waals surface area contributed by atoms with Gasteiger partial charge in [-0.3, -0.25) is 0 Å². The molecule has 0 fully saturated rings. The van der Waals surface area contributed by atoms with Gasteiger partial charge >= 0.3 is 0 Å². The van der Waals surface area contributed by atoms with Gasteiger partial charge in [0, 0.05) is 0 Å². The number of rotatable bonds is 7. The lowest BCUT2D eigenvalue weighted by Gasteiger charge is -2.26. The molecule has 0 unspecified atom stereocenters. The fraction of sp³-hybridized carbons (Fsp3) is 0. The summed E-state index contributed by atoms with van der Waals surface area (Å²) in [4.78, 5) is 0. The minimum atomic E-state index is -2.39. The zero-order valence-electron chi connectivity index (χ0n) is 17.0. The van der Waals surface area contributed by atoms with Crippen molar-refractivity contribution in [2.75, 3.05) is 5.43 Å². The first kappa shape index (κ1) is 20.4. The predicted molar refractivity (Wildman–Crippen MR) is 132 cm³/mol. The van der Waals surface area contributed by atoms with Crippen molar-refractivity contribution in [1.82, 2.24) is 5.43 Å². The number of nitriles is 1. The van der Waals surface area contributed by atoms with Crippen molar-refractivity contribution in [3.63, 3.8) is 0 Å². The van der Waals surface area contributed by atoms with E-state index < -0.39 is 7.26 Å². The van der Waals surface area contributed by atoms with Crippen molar-refractivity contribution in [3.05, 3.63) is 133 Å². The highest BCUT2D eigenvalue weighted by molar-refractivity contribution is 7.99. The first-order chi connectivity index (χ1) is 15.4. The summed E-state index contributed by atoms with van der Waals surface area (Å²) in [6.07, 6.45) is 1.81. The van der Waals surface area contributed by atoms with E-state index in [1.807, 2.05) is 91.1 Å². The maximum Gasteiger partial charge on any atom is 0.202 e. The van der Waals surface area contributed by atoms with Crippen LogP contribution in [-0.2, 0) is 0 Å². The molecule has 0 aliphatic heterocycles. The molecule has 0 radical (unpaired) electrons. The van der Waals surface area contributed by atoms with Crippen LogP contribution in [0, 0.1) is 11.3 Å². The van der Waals surface area contributed by atoms with Crippen molar-refractivity contribution in [2.24, 2.45) is 0 Å². The monoisotopic (exact) mass is 420 g/mol. The van der Waals surface area contributed by atoms with Gasteiger partial charge in [0.1, 0.15) is 22.0 Å². The van der Waals surface area contributed by atoms with Gasteiger partial charge in [-0.15, -0.1) is 0 Å². The van der Waals surface area contributed by atoms with Crippen LogP contribution in [0.25, 0.3) is 0 Å². The fourth-order valence-electron chi connectivity index (χ4n) is 3.73. The molecule has 4 heteroatoms. The number of nitrogens with zero attached hydrogens (tertiary/aromatic N) is 1. The van der Waals surface area contributed by atoms with Gasteiger partial charge in [0.25, 0.3) is 0 Å². The topological polar surface area (TPSA) is 47.9 Å². The van der Waals surface area contributed by atoms with Crippen molar-refractivity contribution >= 4 is 28.9 Å². The van der Waals surface area contributed by atoms with Crippen molar-refractivity contribution in [3.8, 4) is 6.07 Å². The lowest BCUT2D eigenvalue weighted by atomic mass is 10.3. The molecule has 0 atom stereocenters. The summed E-state index contributed by atoms with van der Waals surface area (Å²) in [6.45, 7) is 0. The summed E-state index contributed by atoms with van der Waals surface area (Å²) in [6, 6.07) is 43.4. The van der Waals surface area contributed by atoms with Crippen LogP contribution in [0.2, 0.25) is 0 Å². The van der Waals surface area contributed by atoms with E-state index >= 15 is 0 Å². The molecule has 4 aromatic carbocycles. The second-order valence-electron chi connectivity index (χ2n) is 6.95. The second kappa shape index (κ2) is 9.76. The predicted octanol–water partition coefficient (Wildman–Crippen LogP) is 4.96. The summed E-state index contributed by atoms with van der Waals surface area (Å²) in [5, 5.41) is 14.5. The van der Waals surface area contributed by atoms with E-state index in [-0.39, 0.29) is 0 Å². The van der Waals surface area contributed by atoms with Gasteiger partial charge in [-0.25, -0.2) is 0 Å². The normalized spacial score (nSPS) is 11.4. The Hall–Kier alpha value is -3.86. The van der Waals surface area contributed by atoms with Crippen molar-refractivity contribution in [2.45, 2.75) is 0 Å². The third-order valence-electron chi connectivity index (χ3n) is 5.11. The number of benzene rings is 4. The van der Waals surface area contributed by atoms with Gasteiger partial charge in [-0.05, 0) is 48.5 Å². The molecular weight excluding hydrogens is 397 g/mol. The number of hydrazine groups is 1. The van der Waals surface area contributed by atoms with E-state index in [0.717, 1.165) is 21.6 Å². The van der Waals surface area contributed by atoms with Gasteiger partial charge in [0.15, 0.2) is 7.26 Å². The van der Waals surface area contributed by atoms with Gasteiger partial charge in [0.2, 0.25) is 5.31 Å². The maximum atomic E-state index is 10.4. The molecule has 0 aliphatic rings. The molecule has 4 aromatic rings. The lowest BCUT2D eigenvalue weighted by Crippen LogP contribution is -2.33. The molecule has 150 valence electrons. The average molecular weight is 420 g/mol. The van der Waals surface area contributed by atoms with Gasteiger partial charge in [0.05, 0.1) is 11.9 Å². The smallest absolute Gasteiger partial charge is 0.202 e. The first-order valence-electron chi connectivity index (χ1n) is 10.1. The third-order valence-corrected chi connectivity index (χ3v) is 9.28. The zero-order chi connectivity index (χ0) is 21.4. The van der Waals surface area contributed by atoms with Crippen LogP contribution in [-0.4, -0.2) is 0 Å². The fourth-order valence-corrected chi connectivity index (χ4v) is 7.73. The molecule has 0 bridgehead atoms. The van der Waals surface area contributed by atoms with E-state index in [4.69, 9.17) is 0 Å². The van der Waals surface area contributed by atoms with Gasteiger partial charge in [-0.1, -0.05) is 72.8 Å². The largest absolute Gasteiger partial charge is 0.303 e. The molecule has 0 aliphatic carbocycles. The van der Waals surface area contributed by atoms with Crippen LogP contribution in [0.3, 0.4) is 0 Å². The van der Waals surface area contributed by atoms with Crippen LogP contribution in [0.4, 0.5) is 5.69 Å². The van der Waals surface area contributed by atoms with Crippen LogP contribution < -0.4 is 26.8 Å². The van der Waals surface area contributed by atoms with E-state index in [2.05, 4.69) is 53.3 Å². The molecule has 2 N–H and O–H groups in total. The summed E-state index contributed by atoms with van der Waals surface area (Å²) in [5.74, 6) is 0. The molecule has 31 heavy (non-hydrogen) atoms. The van der Waals surface area contributed by atoms with Crippen LogP contribution in [0.15, 0.2) is 133 Å². The van der Waals surface area contributed by atoms with E-state index in [1.165, 1.54) is 0 Å². The Bertz CT molecular complexity index is 1070. The highest BCUT2D eigenvalue weighted by Crippen LogP contribution is 2.61. The maximum absolute atomic E-state index is 10.4. The SMILES string of the molecule is N#CC(=CNNc1ccccc1)[P+](c1ccccc1)(c1ccccc1)c1ccccc1. The molecule has 3 nitrogen and oxygen atoms in total. The summed E-state index contributed by atoms with van der Waals surface area (Å²) >= 11 is 0. The highest BCUT2D eigenvalue weighted by atomic mass is 31.2. The Balaban J connectivity index is 1.90. The van der Waals surface area contributed by atoms with Gasteiger partial charge < -0.3 is 10.9 Å². The van der Waals surface area contributed by atoms with Gasteiger partial charge in [-0.2, -0.15) is 5.26 Å². The van der Waals surface area contributed by atoms with E-state index in [9.17, 15) is 5.26 Å².